The molecule has 7 heteroatoms. The lowest BCUT2D eigenvalue weighted by Gasteiger charge is -2.10. The van der Waals surface area contributed by atoms with Gasteiger partial charge in [0, 0.05) is 11.2 Å². The Labute approximate surface area is 136 Å². The van der Waals surface area contributed by atoms with Gasteiger partial charge >= 0.3 is 0 Å². The van der Waals surface area contributed by atoms with Crippen LogP contribution in [0, 0.1) is 0 Å². The van der Waals surface area contributed by atoms with Crippen molar-refractivity contribution in [2.45, 2.75) is 11.7 Å². The summed E-state index contributed by atoms with van der Waals surface area (Å²) in [6.45, 7) is 4.10. The van der Waals surface area contributed by atoms with Gasteiger partial charge in [0.15, 0.2) is 10.8 Å². The second kappa shape index (κ2) is 5.98. The van der Waals surface area contributed by atoms with Crippen LogP contribution in [0.4, 0.5) is 0 Å². The van der Waals surface area contributed by atoms with Crippen molar-refractivity contribution in [1.82, 2.24) is 19.3 Å². The van der Waals surface area contributed by atoms with Crippen LogP contribution in [0.15, 0.2) is 53.1 Å². The number of hydrogen-bond donors (Lipinski definition) is 0. The first-order valence-electron chi connectivity index (χ1n) is 6.55. The summed E-state index contributed by atoms with van der Waals surface area (Å²) in [4.78, 5) is 21.2. The summed E-state index contributed by atoms with van der Waals surface area (Å²) in [5, 5.41) is 1.73. The van der Waals surface area contributed by atoms with Crippen molar-refractivity contribution in [2.24, 2.45) is 0 Å². The van der Waals surface area contributed by atoms with E-state index in [-0.39, 0.29) is 5.56 Å². The van der Waals surface area contributed by atoms with Crippen molar-refractivity contribution in [3.8, 4) is 5.69 Å². The quantitative estimate of drug-likeness (QED) is 0.418. The molecule has 0 aliphatic heterocycles. The lowest BCUT2D eigenvalue weighted by atomic mass is 10.3. The minimum atomic E-state index is -0.141. The molecule has 0 fully saturated rings. The van der Waals surface area contributed by atoms with Crippen molar-refractivity contribution in [3.63, 3.8) is 0 Å². The third-order valence-corrected chi connectivity index (χ3v) is 4.02. The molecule has 112 valence electrons. The molecule has 0 radical (unpaired) electrons. The normalized spacial score (nSPS) is 11.0. The zero-order chi connectivity index (χ0) is 15.7. The van der Waals surface area contributed by atoms with Crippen LogP contribution in [0.1, 0.15) is 0 Å². The van der Waals surface area contributed by atoms with E-state index in [0.717, 1.165) is 5.69 Å². The number of fused-ring (bicyclic) bond motifs is 1. The SMILES string of the molecule is C=CCn1c(=O)c2cnc(SC)nc2n1-c1ccc(Cl)cc1. The van der Waals surface area contributed by atoms with Crippen molar-refractivity contribution >= 4 is 34.4 Å². The van der Waals surface area contributed by atoms with Gasteiger partial charge in [0.05, 0.1) is 12.2 Å². The fourth-order valence-electron chi connectivity index (χ4n) is 2.24. The van der Waals surface area contributed by atoms with Crippen LogP contribution >= 0.6 is 23.4 Å². The first kappa shape index (κ1) is 14.9. The highest BCUT2D eigenvalue weighted by Gasteiger charge is 2.16. The summed E-state index contributed by atoms with van der Waals surface area (Å²) in [5.74, 6) is 0. The van der Waals surface area contributed by atoms with Crippen molar-refractivity contribution in [2.75, 3.05) is 6.26 Å². The molecular formula is C15H13ClN4OS. The molecule has 0 saturated carbocycles. The van der Waals surface area contributed by atoms with Gasteiger partial charge < -0.3 is 0 Å². The molecule has 22 heavy (non-hydrogen) atoms. The summed E-state index contributed by atoms with van der Waals surface area (Å²) >= 11 is 7.38. The number of benzene rings is 1. The Kier molecular flexibility index (Phi) is 4.04. The summed E-state index contributed by atoms with van der Waals surface area (Å²) in [5.41, 5.74) is 1.25. The number of aromatic nitrogens is 4. The third kappa shape index (κ3) is 2.44. The van der Waals surface area contributed by atoms with E-state index in [2.05, 4.69) is 16.5 Å². The van der Waals surface area contributed by atoms with E-state index >= 15 is 0 Å². The maximum atomic E-state index is 12.6. The number of hydrogen-bond acceptors (Lipinski definition) is 4. The van der Waals surface area contributed by atoms with Crippen LogP contribution in [0.25, 0.3) is 16.7 Å². The third-order valence-electron chi connectivity index (χ3n) is 3.21. The van der Waals surface area contributed by atoms with Crippen molar-refractivity contribution < 1.29 is 0 Å². The predicted octanol–water partition coefficient (Wildman–Crippen LogP) is 3.14. The van der Waals surface area contributed by atoms with E-state index < -0.39 is 0 Å². The number of allylic oxidation sites excluding steroid dienone is 1. The summed E-state index contributed by atoms with van der Waals surface area (Å²) in [6, 6.07) is 7.26. The molecule has 0 spiro atoms. The van der Waals surface area contributed by atoms with E-state index in [4.69, 9.17) is 11.6 Å². The van der Waals surface area contributed by atoms with Gasteiger partial charge in [0.25, 0.3) is 5.56 Å². The van der Waals surface area contributed by atoms with Crippen molar-refractivity contribution in [1.29, 1.82) is 0 Å². The topological polar surface area (TPSA) is 52.7 Å². The first-order valence-corrected chi connectivity index (χ1v) is 8.15. The second-order valence-corrected chi connectivity index (χ2v) is 5.77. The fourth-order valence-corrected chi connectivity index (χ4v) is 2.70. The van der Waals surface area contributed by atoms with Gasteiger partial charge in [-0.3, -0.25) is 4.79 Å². The van der Waals surface area contributed by atoms with E-state index in [9.17, 15) is 4.79 Å². The number of halogens is 1. The molecule has 3 aromatic rings. The molecule has 0 aliphatic rings. The minimum Gasteiger partial charge on any atom is -0.267 e. The highest BCUT2D eigenvalue weighted by atomic mass is 35.5. The molecule has 0 N–H and O–H groups in total. The standard InChI is InChI=1S/C15H13ClN4OS/c1-3-8-19-14(21)12-9-17-15(22-2)18-13(12)20(19)11-6-4-10(16)5-7-11/h3-7,9H,1,8H2,2H3. The van der Waals surface area contributed by atoms with E-state index in [1.807, 2.05) is 18.4 Å². The monoisotopic (exact) mass is 332 g/mol. The van der Waals surface area contributed by atoms with Gasteiger partial charge in [-0.25, -0.2) is 19.3 Å². The van der Waals surface area contributed by atoms with Crippen LogP contribution in [0.5, 0.6) is 0 Å². The van der Waals surface area contributed by atoms with E-state index in [0.29, 0.717) is 27.8 Å². The average molecular weight is 333 g/mol. The molecule has 3 rings (SSSR count). The van der Waals surface area contributed by atoms with Crippen molar-refractivity contribution in [3.05, 3.63) is 58.5 Å². The smallest absolute Gasteiger partial charge is 0.267 e. The number of thioether (sulfide) groups is 1. The Morgan fingerprint density at radius 3 is 2.73 bits per heavy atom. The molecule has 0 saturated heterocycles. The second-order valence-electron chi connectivity index (χ2n) is 4.56. The fraction of sp³-hybridized carbons (Fsp3) is 0.133. The summed E-state index contributed by atoms with van der Waals surface area (Å²) < 4.78 is 3.36. The molecule has 5 nitrogen and oxygen atoms in total. The average Bonchev–Trinajstić information content (AvgIpc) is 2.81. The van der Waals surface area contributed by atoms with Gasteiger partial charge in [0.1, 0.15) is 5.39 Å². The van der Waals surface area contributed by atoms with Crippen LogP contribution in [0.2, 0.25) is 5.02 Å². The highest BCUT2D eigenvalue weighted by Crippen LogP contribution is 2.19. The minimum absolute atomic E-state index is 0.141. The van der Waals surface area contributed by atoms with Gasteiger partial charge in [-0.05, 0) is 30.5 Å². The largest absolute Gasteiger partial charge is 0.278 e. The van der Waals surface area contributed by atoms with Crippen LogP contribution in [-0.4, -0.2) is 25.6 Å². The molecule has 0 aliphatic carbocycles. The number of nitrogens with zero attached hydrogens (tertiary/aromatic N) is 4. The Hall–Kier alpha value is -2.05. The molecule has 0 amide bonds. The molecule has 0 unspecified atom stereocenters. The molecule has 0 atom stereocenters. The Morgan fingerprint density at radius 2 is 2.09 bits per heavy atom. The Bertz CT molecular complexity index is 898. The summed E-state index contributed by atoms with van der Waals surface area (Å²) in [6.07, 6.45) is 5.14. The Balaban J connectivity index is 2.38. The number of rotatable bonds is 4. The molecule has 2 aromatic heterocycles. The lowest BCUT2D eigenvalue weighted by molar-refractivity contribution is 0.605. The zero-order valence-electron chi connectivity index (χ0n) is 11.9. The van der Waals surface area contributed by atoms with E-state index in [1.165, 1.54) is 11.8 Å². The zero-order valence-corrected chi connectivity index (χ0v) is 13.4. The van der Waals surface area contributed by atoms with Gasteiger partial charge in [-0.1, -0.05) is 29.4 Å². The van der Waals surface area contributed by atoms with Gasteiger partial charge in [0.2, 0.25) is 0 Å². The van der Waals surface area contributed by atoms with Crippen LogP contribution in [-0.2, 0) is 6.54 Å². The molecular weight excluding hydrogens is 320 g/mol. The summed E-state index contributed by atoms with van der Waals surface area (Å²) in [7, 11) is 0. The maximum absolute atomic E-state index is 12.6. The molecule has 1 aromatic carbocycles. The van der Waals surface area contributed by atoms with Gasteiger partial charge in [-0.2, -0.15) is 0 Å². The first-order chi connectivity index (χ1) is 10.7. The molecule has 2 heterocycles. The highest BCUT2D eigenvalue weighted by molar-refractivity contribution is 7.98. The van der Waals surface area contributed by atoms with Crippen LogP contribution < -0.4 is 5.56 Å². The van der Waals surface area contributed by atoms with Gasteiger partial charge in [-0.15, -0.1) is 6.58 Å². The Morgan fingerprint density at radius 1 is 1.36 bits per heavy atom. The lowest BCUT2D eigenvalue weighted by Crippen LogP contribution is -2.21. The maximum Gasteiger partial charge on any atom is 0.278 e. The molecule has 0 bridgehead atoms. The predicted molar refractivity (Wildman–Crippen MR) is 90.1 cm³/mol. The van der Waals surface area contributed by atoms with E-state index in [1.54, 1.807) is 33.8 Å². The van der Waals surface area contributed by atoms with Crippen LogP contribution in [0.3, 0.4) is 0 Å².